The van der Waals surface area contributed by atoms with Crippen molar-refractivity contribution < 1.29 is 31.8 Å². The number of piperazine rings is 1. The average molecular weight is 558 g/mol. The topological polar surface area (TPSA) is 67.8 Å². The molecule has 0 N–H and O–H groups in total. The van der Waals surface area contributed by atoms with Crippen LogP contribution in [0, 0.1) is 5.82 Å². The van der Waals surface area contributed by atoms with Gasteiger partial charge in [-0.3, -0.25) is 0 Å². The molecule has 0 bridgehead atoms. The zero-order valence-corrected chi connectivity index (χ0v) is 20.8. The number of hydrogen-bond donors (Lipinski definition) is 0. The Hall–Kier alpha value is -2.08. The number of alkyl halides is 3. The van der Waals surface area contributed by atoms with E-state index in [1.54, 1.807) is 44.4 Å². The van der Waals surface area contributed by atoms with Crippen molar-refractivity contribution in [3.05, 3.63) is 21.6 Å². The predicted molar refractivity (Wildman–Crippen MR) is 118 cm³/mol. The fraction of sp³-hybridized carbons (Fsp3) is 0.550. The number of carbonyl (C=O) groups is 1. The summed E-state index contributed by atoms with van der Waals surface area (Å²) in [4.78, 5) is 23.9. The number of anilines is 1. The van der Waals surface area contributed by atoms with Gasteiger partial charge >= 0.3 is 12.5 Å². The second-order valence-electron chi connectivity index (χ2n) is 8.75. The molecule has 1 saturated heterocycles. The molecule has 33 heavy (non-hydrogen) atoms. The predicted octanol–water partition coefficient (Wildman–Crippen LogP) is 5.92. The molecule has 7 nitrogen and oxygen atoms in total. The lowest BCUT2D eigenvalue weighted by Gasteiger charge is -2.44. The Morgan fingerprint density at radius 3 is 2.39 bits per heavy atom. The van der Waals surface area contributed by atoms with Gasteiger partial charge in [-0.15, -0.1) is 13.2 Å². The maximum Gasteiger partial charge on any atom is 0.573 e. The lowest BCUT2D eigenvalue weighted by atomic mass is 10.1. The van der Waals surface area contributed by atoms with Crippen LogP contribution in [0.1, 0.15) is 34.6 Å². The molecule has 1 amide bonds. The maximum absolute atomic E-state index is 14.9. The first-order valence-corrected chi connectivity index (χ1v) is 11.1. The molecule has 1 aliphatic heterocycles. The molecular formula is C20H22BrClF4N4O3. The quantitative estimate of drug-likeness (QED) is 0.337. The monoisotopic (exact) mass is 556 g/mol. The summed E-state index contributed by atoms with van der Waals surface area (Å²) in [5.41, 5.74) is -0.936. The number of halogens is 6. The molecule has 0 aliphatic carbocycles. The summed E-state index contributed by atoms with van der Waals surface area (Å²) in [6.45, 7) is 9.36. The van der Waals surface area contributed by atoms with Gasteiger partial charge in [0.25, 0.3) is 0 Å². The molecule has 0 radical (unpaired) electrons. The maximum atomic E-state index is 14.9. The van der Waals surface area contributed by atoms with Crippen molar-refractivity contribution >= 4 is 50.3 Å². The highest BCUT2D eigenvalue weighted by Gasteiger charge is 2.37. The van der Waals surface area contributed by atoms with Gasteiger partial charge in [0.1, 0.15) is 22.7 Å². The van der Waals surface area contributed by atoms with E-state index in [1.165, 1.54) is 0 Å². The third-order valence-electron chi connectivity index (χ3n) is 4.90. The normalized spacial score (nSPS) is 19.7. The number of nitrogens with zero attached hydrogens (tertiary/aromatic N) is 4. The molecule has 1 aromatic carbocycles. The summed E-state index contributed by atoms with van der Waals surface area (Å²) in [5.74, 6) is -1.70. The third kappa shape index (κ3) is 5.71. The Balaban J connectivity index is 2.04. The van der Waals surface area contributed by atoms with E-state index in [4.69, 9.17) is 16.3 Å². The van der Waals surface area contributed by atoms with Crippen molar-refractivity contribution in [2.75, 3.05) is 18.0 Å². The van der Waals surface area contributed by atoms with Crippen molar-refractivity contribution in [3.63, 3.8) is 0 Å². The van der Waals surface area contributed by atoms with Gasteiger partial charge in [0.2, 0.25) is 5.28 Å². The highest BCUT2D eigenvalue weighted by Crippen LogP contribution is 2.40. The van der Waals surface area contributed by atoms with Crippen LogP contribution in [0.2, 0.25) is 5.28 Å². The summed E-state index contributed by atoms with van der Waals surface area (Å²) >= 11 is 8.82. The lowest BCUT2D eigenvalue weighted by Crippen LogP contribution is -2.59. The molecule has 2 heterocycles. The number of amides is 1. The molecule has 1 aliphatic rings. The van der Waals surface area contributed by atoms with Gasteiger partial charge in [-0.05, 0) is 68.2 Å². The molecule has 2 aromatic rings. The highest BCUT2D eigenvalue weighted by atomic mass is 79.9. The molecule has 0 spiro atoms. The molecule has 2 atom stereocenters. The van der Waals surface area contributed by atoms with Gasteiger partial charge in [-0.25, -0.2) is 14.2 Å². The first-order valence-electron chi connectivity index (χ1n) is 9.94. The molecule has 182 valence electrons. The Morgan fingerprint density at radius 2 is 1.82 bits per heavy atom. The SMILES string of the molecule is C[C@@H]1CN(c2nc(Cl)nc3c(F)c(Br)c(OC(F)(F)F)cc23)[C@@H](C)CN1C(=O)OC(C)(C)C. The van der Waals surface area contributed by atoms with Crippen LogP contribution in [-0.4, -0.2) is 58.1 Å². The largest absolute Gasteiger partial charge is 0.573 e. The Kier molecular flexibility index (Phi) is 6.92. The summed E-state index contributed by atoms with van der Waals surface area (Å²) in [7, 11) is 0. The second kappa shape index (κ2) is 8.94. The van der Waals surface area contributed by atoms with E-state index < -0.39 is 34.1 Å². The van der Waals surface area contributed by atoms with Crippen molar-refractivity contribution in [2.45, 2.75) is 58.7 Å². The number of ether oxygens (including phenoxy) is 2. The number of benzene rings is 1. The van der Waals surface area contributed by atoms with Crippen LogP contribution in [0.15, 0.2) is 10.5 Å². The van der Waals surface area contributed by atoms with Crippen molar-refractivity contribution in [1.82, 2.24) is 14.9 Å². The summed E-state index contributed by atoms with van der Waals surface area (Å²) in [6, 6.07) is 0.326. The highest BCUT2D eigenvalue weighted by molar-refractivity contribution is 9.10. The zero-order chi connectivity index (χ0) is 24.9. The van der Waals surface area contributed by atoms with E-state index in [-0.39, 0.29) is 47.2 Å². The number of carbonyl (C=O) groups excluding carboxylic acids is 1. The van der Waals surface area contributed by atoms with Crippen LogP contribution >= 0.6 is 27.5 Å². The Morgan fingerprint density at radius 1 is 1.18 bits per heavy atom. The summed E-state index contributed by atoms with van der Waals surface area (Å²) < 4.78 is 62.4. The van der Waals surface area contributed by atoms with E-state index in [9.17, 15) is 22.4 Å². The average Bonchev–Trinajstić information content (AvgIpc) is 2.65. The van der Waals surface area contributed by atoms with Crippen LogP contribution in [0.25, 0.3) is 10.9 Å². The number of rotatable bonds is 2. The molecule has 0 saturated carbocycles. The molecule has 13 heteroatoms. The van der Waals surface area contributed by atoms with Crippen LogP contribution in [0.3, 0.4) is 0 Å². The van der Waals surface area contributed by atoms with Gasteiger partial charge in [0.15, 0.2) is 5.82 Å². The summed E-state index contributed by atoms with van der Waals surface area (Å²) in [5, 5.41) is -0.286. The third-order valence-corrected chi connectivity index (χ3v) is 5.81. The smallest absolute Gasteiger partial charge is 0.444 e. The fourth-order valence-electron chi connectivity index (χ4n) is 3.55. The number of fused-ring (bicyclic) bond motifs is 1. The van der Waals surface area contributed by atoms with Gasteiger partial charge in [-0.2, -0.15) is 4.98 Å². The molecule has 0 unspecified atom stereocenters. The van der Waals surface area contributed by atoms with Crippen molar-refractivity contribution in [1.29, 1.82) is 0 Å². The minimum Gasteiger partial charge on any atom is -0.444 e. The molecule has 3 rings (SSSR count). The van der Waals surface area contributed by atoms with Gasteiger partial charge in [-0.1, -0.05) is 0 Å². The van der Waals surface area contributed by atoms with Gasteiger partial charge in [0.05, 0.1) is 4.47 Å². The molecule has 1 aromatic heterocycles. The van der Waals surface area contributed by atoms with Crippen molar-refractivity contribution in [3.8, 4) is 5.75 Å². The fourth-order valence-corrected chi connectivity index (χ4v) is 4.10. The van der Waals surface area contributed by atoms with Crippen LogP contribution in [0.4, 0.5) is 28.2 Å². The van der Waals surface area contributed by atoms with Crippen LogP contribution in [-0.2, 0) is 4.74 Å². The first kappa shape index (κ1) is 25.5. The Bertz CT molecular complexity index is 1080. The van der Waals surface area contributed by atoms with E-state index in [0.717, 1.165) is 6.07 Å². The van der Waals surface area contributed by atoms with Crippen LogP contribution in [0.5, 0.6) is 5.75 Å². The van der Waals surface area contributed by atoms with Crippen molar-refractivity contribution in [2.24, 2.45) is 0 Å². The van der Waals surface area contributed by atoms with E-state index in [0.29, 0.717) is 0 Å². The number of hydrogen-bond acceptors (Lipinski definition) is 6. The van der Waals surface area contributed by atoms with Crippen LogP contribution < -0.4 is 9.64 Å². The second-order valence-corrected chi connectivity index (χ2v) is 9.88. The summed E-state index contributed by atoms with van der Waals surface area (Å²) in [6.07, 6.45) is -5.51. The zero-order valence-electron chi connectivity index (χ0n) is 18.4. The van der Waals surface area contributed by atoms with E-state index >= 15 is 0 Å². The molecular weight excluding hydrogens is 536 g/mol. The lowest BCUT2D eigenvalue weighted by molar-refractivity contribution is -0.274. The number of aromatic nitrogens is 2. The molecule has 1 fully saturated rings. The minimum absolute atomic E-state index is 0.0101. The first-order chi connectivity index (χ1) is 15.1. The van der Waals surface area contributed by atoms with E-state index in [1.807, 2.05) is 0 Å². The minimum atomic E-state index is -5.03. The Labute approximate surface area is 201 Å². The van der Waals surface area contributed by atoms with Gasteiger partial charge in [0, 0.05) is 30.6 Å². The van der Waals surface area contributed by atoms with Gasteiger partial charge < -0.3 is 19.3 Å². The van der Waals surface area contributed by atoms with E-state index in [2.05, 4.69) is 30.6 Å². The standard InChI is InChI=1S/C20H22BrClF4N4O3/c1-9-8-30(18(31)33-19(3,4)5)10(2)7-29(9)16-11-6-12(32-20(24,25)26)13(21)14(23)15(11)27-17(22)28-16/h6,9-10H,7-8H2,1-5H3/t9-,10+/m0/s1.